The summed E-state index contributed by atoms with van der Waals surface area (Å²) in [6, 6.07) is 0. The highest BCUT2D eigenvalue weighted by Crippen LogP contribution is 2.19. The molecule has 1 fully saturated rings. The minimum absolute atomic E-state index is 0.118. The Morgan fingerprint density at radius 1 is 1.60 bits per heavy atom. The van der Waals surface area contributed by atoms with Gasteiger partial charge in [0.2, 0.25) is 0 Å². The van der Waals surface area contributed by atoms with E-state index < -0.39 is 0 Å². The van der Waals surface area contributed by atoms with Crippen molar-refractivity contribution in [1.29, 1.82) is 0 Å². The Morgan fingerprint density at radius 2 is 2.30 bits per heavy atom. The van der Waals surface area contributed by atoms with Crippen LogP contribution < -0.4 is 0 Å². The fraction of sp³-hybridized carbons (Fsp3) is 1.00. The fourth-order valence-electron chi connectivity index (χ4n) is 1.36. The summed E-state index contributed by atoms with van der Waals surface area (Å²) >= 11 is 0. The van der Waals surface area contributed by atoms with Gasteiger partial charge in [-0.05, 0) is 20.4 Å². The maximum absolute atomic E-state index is 5.64. The molecule has 0 aromatic carbocycles. The van der Waals surface area contributed by atoms with E-state index in [1.807, 2.05) is 0 Å². The molecule has 1 unspecified atom stereocenters. The van der Waals surface area contributed by atoms with Gasteiger partial charge in [-0.25, -0.2) is 0 Å². The smallest absolute Gasteiger partial charge is 0.0778 e. The molecule has 1 saturated heterocycles. The van der Waals surface area contributed by atoms with E-state index in [0.29, 0.717) is 0 Å². The molecular weight excluding hydrogens is 126 g/mol. The van der Waals surface area contributed by atoms with Gasteiger partial charge in [-0.15, -0.1) is 0 Å². The minimum atomic E-state index is 0.118. The Hall–Kier alpha value is -0.0800. The second kappa shape index (κ2) is 2.89. The molecule has 0 radical (unpaired) electrons. The molecule has 0 N–H and O–H groups in total. The van der Waals surface area contributed by atoms with Crippen LogP contribution in [0.4, 0.5) is 0 Å². The predicted octanol–water partition coefficient (Wildman–Crippen LogP) is 1.12. The standard InChI is InChI=1S/C8H17NO/c1-4-8(2)7-9(3)5-6-10-8/h4-7H2,1-3H3. The molecule has 2 nitrogen and oxygen atoms in total. The molecule has 0 amide bonds. The van der Waals surface area contributed by atoms with E-state index in [-0.39, 0.29) is 5.60 Å². The molecule has 0 spiro atoms. The third kappa shape index (κ3) is 1.70. The van der Waals surface area contributed by atoms with Crippen LogP contribution in [0, 0.1) is 0 Å². The summed E-state index contributed by atoms with van der Waals surface area (Å²) in [5, 5.41) is 0. The topological polar surface area (TPSA) is 12.5 Å². The van der Waals surface area contributed by atoms with E-state index in [0.717, 1.165) is 26.1 Å². The first-order valence-electron chi connectivity index (χ1n) is 3.99. The Labute approximate surface area is 63.2 Å². The highest BCUT2D eigenvalue weighted by molar-refractivity contribution is 4.80. The lowest BCUT2D eigenvalue weighted by molar-refractivity contribution is -0.0928. The van der Waals surface area contributed by atoms with Gasteiger partial charge in [-0.1, -0.05) is 6.92 Å². The Morgan fingerprint density at radius 3 is 2.70 bits per heavy atom. The largest absolute Gasteiger partial charge is 0.373 e. The van der Waals surface area contributed by atoms with Crippen LogP contribution in [0.5, 0.6) is 0 Å². The number of nitrogens with zero attached hydrogens (tertiary/aromatic N) is 1. The molecule has 1 heterocycles. The molecule has 2 heteroatoms. The zero-order valence-corrected chi connectivity index (χ0v) is 7.18. The van der Waals surface area contributed by atoms with Gasteiger partial charge < -0.3 is 9.64 Å². The van der Waals surface area contributed by atoms with Gasteiger partial charge in [-0.2, -0.15) is 0 Å². The SMILES string of the molecule is CCC1(C)CN(C)CCO1. The zero-order valence-electron chi connectivity index (χ0n) is 7.18. The summed E-state index contributed by atoms with van der Waals surface area (Å²) in [6.45, 7) is 7.40. The molecule has 0 aromatic rings. The summed E-state index contributed by atoms with van der Waals surface area (Å²) in [7, 11) is 2.15. The van der Waals surface area contributed by atoms with Crippen molar-refractivity contribution in [1.82, 2.24) is 4.90 Å². The van der Waals surface area contributed by atoms with Crippen LogP contribution >= 0.6 is 0 Å². The first-order chi connectivity index (χ1) is 4.66. The summed E-state index contributed by atoms with van der Waals surface area (Å²) < 4.78 is 5.64. The summed E-state index contributed by atoms with van der Waals surface area (Å²) in [6.07, 6.45) is 1.11. The summed E-state index contributed by atoms with van der Waals surface area (Å²) in [4.78, 5) is 2.33. The number of hydrogen-bond acceptors (Lipinski definition) is 2. The first kappa shape index (κ1) is 8.02. The van der Waals surface area contributed by atoms with Crippen molar-refractivity contribution in [3.05, 3.63) is 0 Å². The number of rotatable bonds is 1. The average molecular weight is 143 g/mol. The van der Waals surface area contributed by atoms with Crippen molar-refractivity contribution in [2.75, 3.05) is 26.7 Å². The second-order valence-corrected chi connectivity index (χ2v) is 3.39. The Kier molecular flexibility index (Phi) is 2.32. The van der Waals surface area contributed by atoms with Crippen LogP contribution in [0.15, 0.2) is 0 Å². The van der Waals surface area contributed by atoms with Gasteiger partial charge in [-0.3, -0.25) is 0 Å². The third-order valence-electron chi connectivity index (χ3n) is 2.28. The van der Waals surface area contributed by atoms with E-state index >= 15 is 0 Å². The summed E-state index contributed by atoms with van der Waals surface area (Å²) in [5.74, 6) is 0. The van der Waals surface area contributed by atoms with Gasteiger partial charge >= 0.3 is 0 Å². The number of likely N-dealkylation sites (N-methyl/N-ethyl adjacent to an activating group) is 1. The van der Waals surface area contributed by atoms with E-state index in [4.69, 9.17) is 4.74 Å². The lowest BCUT2D eigenvalue weighted by atomic mass is 10.0. The first-order valence-corrected chi connectivity index (χ1v) is 3.99. The highest BCUT2D eigenvalue weighted by atomic mass is 16.5. The summed E-state index contributed by atoms with van der Waals surface area (Å²) in [5.41, 5.74) is 0.118. The van der Waals surface area contributed by atoms with E-state index in [9.17, 15) is 0 Å². The molecule has 1 atom stereocenters. The van der Waals surface area contributed by atoms with Crippen molar-refractivity contribution in [3.63, 3.8) is 0 Å². The van der Waals surface area contributed by atoms with E-state index in [2.05, 4.69) is 25.8 Å². The van der Waals surface area contributed by atoms with E-state index in [1.54, 1.807) is 0 Å². The Balaban J connectivity index is 2.45. The number of morpholine rings is 1. The predicted molar refractivity (Wildman–Crippen MR) is 42.1 cm³/mol. The molecule has 1 rings (SSSR count). The van der Waals surface area contributed by atoms with Crippen LogP contribution in [0.3, 0.4) is 0 Å². The van der Waals surface area contributed by atoms with Crippen molar-refractivity contribution in [2.24, 2.45) is 0 Å². The van der Waals surface area contributed by atoms with Gasteiger partial charge in [0.05, 0.1) is 12.2 Å². The molecule has 0 saturated carbocycles. The molecular formula is C8H17NO. The fourth-order valence-corrected chi connectivity index (χ4v) is 1.36. The van der Waals surface area contributed by atoms with Gasteiger partial charge in [0.25, 0.3) is 0 Å². The molecule has 0 bridgehead atoms. The molecule has 1 aliphatic rings. The highest BCUT2D eigenvalue weighted by Gasteiger charge is 2.27. The Bertz CT molecular complexity index is 116. The van der Waals surface area contributed by atoms with E-state index in [1.165, 1.54) is 0 Å². The lowest BCUT2D eigenvalue weighted by Gasteiger charge is -2.38. The lowest BCUT2D eigenvalue weighted by Crippen LogP contribution is -2.47. The zero-order chi connectivity index (χ0) is 7.61. The molecule has 10 heavy (non-hydrogen) atoms. The normalized spacial score (nSPS) is 36.3. The third-order valence-corrected chi connectivity index (χ3v) is 2.28. The molecule has 1 aliphatic heterocycles. The quantitative estimate of drug-likeness (QED) is 0.545. The van der Waals surface area contributed by atoms with Crippen LogP contribution in [0.25, 0.3) is 0 Å². The maximum atomic E-state index is 5.64. The van der Waals surface area contributed by atoms with Crippen molar-refractivity contribution in [3.8, 4) is 0 Å². The average Bonchev–Trinajstić information content (AvgIpc) is 1.88. The van der Waals surface area contributed by atoms with Crippen molar-refractivity contribution < 1.29 is 4.74 Å². The van der Waals surface area contributed by atoms with Crippen LogP contribution in [0.2, 0.25) is 0 Å². The molecule has 0 aromatic heterocycles. The van der Waals surface area contributed by atoms with Gasteiger partial charge in [0, 0.05) is 13.1 Å². The van der Waals surface area contributed by atoms with Crippen molar-refractivity contribution in [2.45, 2.75) is 25.9 Å². The molecule has 0 aliphatic carbocycles. The minimum Gasteiger partial charge on any atom is -0.373 e. The van der Waals surface area contributed by atoms with Gasteiger partial charge in [0.1, 0.15) is 0 Å². The van der Waals surface area contributed by atoms with Crippen molar-refractivity contribution >= 4 is 0 Å². The molecule has 60 valence electrons. The number of ether oxygens (including phenoxy) is 1. The van der Waals surface area contributed by atoms with Crippen LogP contribution in [-0.2, 0) is 4.74 Å². The maximum Gasteiger partial charge on any atom is 0.0778 e. The second-order valence-electron chi connectivity index (χ2n) is 3.39. The number of hydrogen-bond donors (Lipinski definition) is 0. The van der Waals surface area contributed by atoms with Crippen LogP contribution in [0.1, 0.15) is 20.3 Å². The van der Waals surface area contributed by atoms with Crippen LogP contribution in [-0.4, -0.2) is 37.2 Å². The van der Waals surface area contributed by atoms with Gasteiger partial charge in [0.15, 0.2) is 0 Å². The monoisotopic (exact) mass is 143 g/mol.